The standard InChI is InChI=1S/C19H26ClFN6O/c1-3-22-19(23-9-8-13-4-5-14(21)10-16(13)20)24-15-6-7-18-25-17(12-28-2)26-27(18)11-15/h4-5,10,15H,3,6-9,11-12H2,1-2H3,(H2,22,23,24). The monoisotopic (exact) mass is 408 g/mol. The summed E-state index contributed by atoms with van der Waals surface area (Å²) in [4.78, 5) is 9.14. The summed E-state index contributed by atoms with van der Waals surface area (Å²) in [7, 11) is 1.64. The highest BCUT2D eigenvalue weighted by atomic mass is 35.5. The van der Waals surface area contributed by atoms with Crippen molar-refractivity contribution >= 4 is 17.6 Å². The second-order valence-electron chi connectivity index (χ2n) is 6.69. The number of rotatable bonds is 7. The first kappa shape index (κ1) is 20.5. The molecule has 0 fully saturated rings. The Morgan fingerprint density at radius 2 is 2.32 bits per heavy atom. The largest absolute Gasteiger partial charge is 0.377 e. The van der Waals surface area contributed by atoms with Gasteiger partial charge in [-0.1, -0.05) is 17.7 Å². The van der Waals surface area contributed by atoms with Gasteiger partial charge >= 0.3 is 0 Å². The van der Waals surface area contributed by atoms with Gasteiger partial charge in [0.05, 0.1) is 6.54 Å². The van der Waals surface area contributed by atoms with Gasteiger partial charge in [-0.3, -0.25) is 4.99 Å². The number of aryl methyl sites for hydroxylation is 1. The van der Waals surface area contributed by atoms with E-state index in [-0.39, 0.29) is 11.9 Å². The van der Waals surface area contributed by atoms with Gasteiger partial charge in [0.25, 0.3) is 0 Å². The number of halogens is 2. The Kier molecular flexibility index (Phi) is 7.22. The fourth-order valence-electron chi connectivity index (χ4n) is 3.19. The number of nitrogens with one attached hydrogen (secondary N) is 2. The molecule has 0 spiro atoms. The third-order valence-electron chi connectivity index (χ3n) is 4.53. The van der Waals surface area contributed by atoms with Crippen LogP contribution in [-0.2, 0) is 30.7 Å². The molecular weight excluding hydrogens is 383 g/mol. The molecule has 0 bridgehead atoms. The van der Waals surface area contributed by atoms with E-state index in [0.29, 0.717) is 24.6 Å². The van der Waals surface area contributed by atoms with Crippen LogP contribution in [0.1, 0.15) is 30.6 Å². The van der Waals surface area contributed by atoms with E-state index in [1.54, 1.807) is 13.2 Å². The van der Waals surface area contributed by atoms with Crippen LogP contribution in [0.4, 0.5) is 4.39 Å². The van der Waals surface area contributed by atoms with Gasteiger partial charge in [-0.15, -0.1) is 0 Å². The zero-order chi connectivity index (χ0) is 19.9. The molecule has 0 radical (unpaired) electrons. The predicted octanol–water partition coefficient (Wildman–Crippen LogP) is 2.33. The Balaban J connectivity index is 1.58. The molecule has 1 unspecified atom stereocenters. The molecule has 1 aromatic carbocycles. The lowest BCUT2D eigenvalue weighted by Gasteiger charge is -2.25. The first-order valence-electron chi connectivity index (χ1n) is 9.49. The Hall–Kier alpha value is -2.19. The molecule has 28 heavy (non-hydrogen) atoms. The topological polar surface area (TPSA) is 76.4 Å². The average molecular weight is 409 g/mol. The minimum atomic E-state index is -0.328. The number of methoxy groups -OCH3 is 1. The Labute approximate surface area is 169 Å². The van der Waals surface area contributed by atoms with Crippen molar-refractivity contribution in [1.82, 2.24) is 25.4 Å². The second-order valence-corrected chi connectivity index (χ2v) is 7.09. The number of ether oxygens (including phenoxy) is 1. The molecule has 2 aromatic rings. The molecule has 0 amide bonds. The summed E-state index contributed by atoms with van der Waals surface area (Å²) < 4.78 is 20.2. The number of guanidine groups is 1. The minimum absolute atomic E-state index is 0.219. The molecule has 1 aliphatic heterocycles. The summed E-state index contributed by atoms with van der Waals surface area (Å²) in [5, 5.41) is 11.7. The van der Waals surface area contributed by atoms with Gasteiger partial charge in [0, 0.05) is 37.7 Å². The SMILES string of the molecule is CCNC(=NCCc1ccc(F)cc1Cl)NC1CCc2nc(COC)nn2C1. The Morgan fingerprint density at radius 1 is 1.46 bits per heavy atom. The molecule has 9 heteroatoms. The lowest BCUT2D eigenvalue weighted by Crippen LogP contribution is -2.47. The molecule has 1 aromatic heterocycles. The summed E-state index contributed by atoms with van der Waals surface area (Å²) in [5.41, 5.74) is 0.887. The zero-order valence-electron chi connectivity index (χ0n) is 16.2. The maximum absolute atomic E-state index is 13.2. The van der Waals surface area contributed by atoms with Gasteiger partial charge in [-0.25, -0.2) is 14.1 Å². The van der Waals surface area contributed by atoms with Gasteiger partial charge < -0.3 is 15.4 Å². The molecule has 2 heterocycles. The van der Waals surface area contributed by atoms with E-state index in [4.69, 9.17) is 16.3 Å². The third kappa shape index (κ3) is 5.42. The van der Waals surface area contributed by atoms with Gasteiger partial charge in [-0.2, -0.15) is 5.10 Å². The predicted molar refractivity (Wildman–Crippen MR) is 107 cm³/mol. The van der Waals surface area contributed by atoms with Crippen LogP contribution < -0.4 is 10.6 Å². The lowest BCUT2D eigenvalue weighted by molar-refractivity contribution is 0.177. The fraction of sp³-hybridized carbons (Fsp3) is 0.526. The summed E-state index contributed by atoms with van der Waals surface area (Å²) in [6.45, 7) is 4.51. The zero-order valence-corrected chi connectivity index (χ0v) is 17.0. The van der Waals surface area contributed by atoms with Gasteiger partial charge in [0.15, 0.2) is 11.8 Å². The number of hydrogen-bond donors (Lipinski definition) is 2. The number of aromatic nitrogens is 3. The van der Waals surface area contributed by atoms with E-state index >= 15 is 0 Å². The fourth-order valence-corrected chi connectivity index (χ4v) is 3.46. The van der Waals surface area contributed by atoms with E-state index < -0.39 is 0 Å². The number of hydrogen-bond acceptors (Lipinski definition) is 4. The van der Waals surface area contributed by atoms with Crippen LogP contribution >= 0.6 is 11.6 Å². The number of aliphatic imine (C=N–C) groups is 1. The number of nitrogens with zero attached hydrogens (tertiary/aromatic N) is 4. The molecule has 1 aliphatic rings. The molecule has 0 saturated carbocycles. The quantitative estimate of drug-likeness (QED) is 0.543. The minimum Gasteiger partial charge on any atom is -0.377 e. The van der Waals surface area contributed by atoms with Crippen LogP contribution in [0.15, 0.2) is 23.2 Å². The molecule has 0 saturated heterocycles. The molecule has 0 aliphatic carbocycles. The van der Waals surface area contributed by atoms with Crippen molar-refractivity contribution in [3.05, 3.63) is 46.3 Å². The highest BCUT2D eigenvalue weighted by Gasteiger charge is 2.22. The van der Waals surface area contributed by atoms with Crippen molar-refractivity contribution in [2.75, 3.05) is 20.2 Å². The van der Waals surface area contributed by atoms with E-state index in [9.17, 15) is 4.39 Å². The van der Waals surface area contributed by atoms with E-state index in [2.05, 4.69) is 25.7 Å². The lowest BCUT2D eigenvalue weighted by atomic mass is 10.1. The highest BCUT2D eigenvalue weighted by Crippen LogP contribution is 2.18. The van der Waals surface area contributed by atoms with Crippen molar-refractivity contribution in [3.63, 3.8) is 0 Å². The maximum Gasteiger partial charge on any atom is 0.191 e. The van der Waals surface area contributed by atoms with Crippen molar-refractivity contribution in [1.29, 1.82) is 0 Å². The van der Waals surface area contributed by atoms with E-state index in [1.807, 2.05) is 11.6 Å². The van der Waals surface area contributed by atoms with E-state index in [1.165, 1.54) is 12.1 Å². The van der Waals surface area contributed by atoms with E-state index in [0.717, 1.165) is 49.1 Å². The summed E-state index contributed by atoms with van der Waals surface area (Å²) in [6, 6.07) is 4.68. The normalized spacial score (nSPS) is 16.7. The molecule has 2 N–H and O–H groups in total. The molecule has 1 atom stereocenters. The third-order valence-corrected chi connectivity index (χ3v) is 4.88. The Bertz CT molecular complexity index is 825. The van der Waals surface area contributed by atoms with Crippen LogP contribution in [-0.4, -0.2) is 47.0 Å². The molecule has 152 valence electrons. The maximum atomic E-state index is 13.2. The highest BCUT2D eigenvalue weighted by molar-refractivity contribution is 6.31. The van der Waals surface area contributed by atoms with Crippen LogP contribution in [0.5, 0.6) is 0 Å². The van der Waals surface area contributed by atoms with Crippen LogP contribution in [0, 0.1) is 5.82 Å². The molecule has 3 rings (SSSR count). The van der Waals surface area contributed by atoms with Crippen LogP contribution in [0.2, 0.25) is 5.02 Å². The summed E-state index contributed by atoms with van der Waals surface area (Å²) >= 11 is 6.09. The van der Waals surface area contributed by atoms with Gasteiger partial charge in [-0.05, 0) is 37.5 Å². The summed E-state index contributed by atoms with van der Waals surface area (Å²) in [6.07, 6.45) is 2.46. The van der Waals surface area contributed by atoms with Crippen molar-refractivity contribution in [2.45, 2.75) is 45.4 Å². The summed E-state index contributed by atoms with van der Waals surface area (Å²) in [5.74, 6) is 2.14. The Morgan fingerprint density at radius 3 is 3.07 bits per heavy atom. The number of fused-ring (bicyclic) bond motifs is 1. The van der Waals surface area contributed by atoms with Crippen LogP contribution in [0.25, 0.3) is 0 Å². The molecular formula is C19H26ClFN6O. The van der Waals surface area contributed by atoms with Gasteiger partial charge in [0.2, 0.25) is 0 Å². The van der Waals surface area contributed by atoms with Crippen molar-refractivity contribution in [3.8, 4) is 0 Å². The van der Waals surface area contributed by atoms with Crippen molar-refractivity contribution in [2.24, 2.45) is 4.99 Å². The average Bonchev–Trinajstić information content (AvgIpc) is 3.05. The second kappa shape index (κ2) is 9.84. The smallest absolute Gasteiger partial charge is 0.191 e. The van der Waals surface area contributed by atoms with Crippen LogP contribution in [0.3, 0.4) is 0 Å². The first-order chi connectivity index (χ1) is 13.6. The van der Waals surface area contributed by atoms with Crippen molar-refractivity contribution < 1.29 is 9.13 Å². The first-order valence-corrected chi connectivity index (χ1v) is 9.87. The molecule has 7 nitrogen and oxygen atoms in total. The van der Waals surface area contributed by atoms with Gasteiger partial charge in [0.1, 0.15) is 18.2 Å². The number of benzene rings is 1.